The van der Waals surface area contributed by atoms with Crippen LogP contribution in [0.5, 0.6) is 11.5 Å². The van der Waals surface area contributed by atoms with Crippen LogP contribution in [0.25, 0.3) is 0 Å². The highest BCUT2D eigenvalue weighted by Gasteiger charge is 2.22. The number of benzene rings is 1. The molecule has 7 heteroatoms. The molecular weight excluding hydrogens is 308 g/mol. The van der Waals surface area contributed by atoms with E-state index in [2.05, 4.69) is 20.8 Å². The molecule has 1 aromatic heterocycles. The second kappa shape index (κ2) is 7.35. The minimum absolute atomic E-state index is 0.0903. The first-order valence-electron chi connectivity index (χ1n) is 7.98. The van der Waals surface area contributed by atoms with Gasteiger partial charge < -0.3 is 20.1 Å². The van der Waals surface area contributed by atoms with E-state index in [1.54, 1.807) is 19.4 Å². The van der Waals surface area contributed by atoms with E-state index in [0.29, 0.717) is 23.1 Å². The molecule has 0 spiro atoms. The van der Waals surface area contributed by atoms with Crippen LogP contribution in [0.3, 0.4) is 0 Å². The highest BCUT2D eigenvalue weighted by molar-refractivity contribution is 5.92. The highest BCUT2D eigenvalue weighted by atomic mass is 16.5. The van der Waals surface area contributed by atoms with Gasteiger partial charge in [-0.2, -0.15) is 5.10 Å². The zero-order valence-corrected chi connectivity index (χ0v) is 13.9. The summed E-state index contributed by atoms with van der Waals surface area (Å²) in [5, 5.41) is 13.2. The summed E-state index contributed by atoms with van der Waals surface area (Å²) < 4.78 is 10.9. The van der Waals surface area contributed by atoms with Crippen LogP contribution in [-0.4, -0.2) is 42.9 Å². The highest BCUT2D eigenvalue weighted by Crippen LogP contribution is 2.28. The third-order valence-electron chi connectivity index (χ3n) is 4.09. The molecule has 0 bridgehead atoms. The molecule has 1 aliphatic rings. The van der Waals surface area contributed by atoms with Gasteiger partial charge in [-0.05, 0) is 37.6 Å². The summed E-state index contributed by atoms with van der Waals surface area (Å²) in [6.45, 7) is 3.75. The number of carbonyl (C=O) groups excluding carboxylic acids is 1. The molecular formula is C17H22N4O3. The maximum atomic E-state index is 12.2. The first kappa shape index (κ1) is 16.3. The lowest BCUT2D eigenvalue weighted by molar-refractivity contribution is -0.118. The van der Waals surface area contributed by atoms with Gasteiger partial charge in [0, 0.05) is 12.5 Å². The van der Waals surface area contributed by atoms with Crippen molar-refractivity contribution in [1.82, 2.24) is 15.5 Å². The van der Waals surface area contributed by atoms with Crippen LogP contribution in [0, 0.1) is 6.92 Å². The number of aromatic amines is 1. The van der Waals surface area contributed by atoms with Crippen molar-refractivity contribution in [2.75, 3.05) is 32.1 Å². The van der Waals surface area contributed by atoms with Gasteiger partial charge in [0.15, 0.2) is 18.1 Å². The van der Waals surface area contributed by atoms with Gasteiger partial charge in [0.05, 0.1) is 24.7 Å². The van der Waals surface area contributed by atoms with E-state index in [1.165, 1.54) is 0 Å². The lowest BCUT2D eigenvalue weighted by atomic mass is 10.0. The molecule has 24 heavy (non-hydrogen) atoms. The summed E-state index contributed by atoms with van der Waals surface area (Å²) in [4.78, 5) is 12.2. The number of H-pyrrole nitrogens is 1. The second-order valence-electron chi connectivity index (χ2n) is 5.88. The summed E-state index contributed by atoms with van der Waals surface area (Å²) in [5.41, 5.74) is 2.74. The molecule has 128 valence electrons. The van der Waals surface area contributed by atoms with E-state index in [-0.39, 0.29) is 12.5 Å². The Bertz CT molecular complexity index is 708. The third-order valence-corrected chi connectivity index (χ3v) is 4.09. The molecule has 3 N–H and O–H groups in total. The number of aromatic nitrogens is 2. The van der Waals surface area contributed by atoms with Crippen molar-refractivity contribution in [3.8, 4) is 11.5 Å². The molecule has 0 radical (unpaired) electrons. The van der Waals surface area contributed by atoms with E-state index < -0.39 is 0 Å². The molecule has 0 aliphatic carbocycles. The van der Waals surface area contributed by atoms with Gasteiger partial charge in [-0.15, -0.1) is 0 Å². The van der Waals surface area contributed by atoms with Crippen LogP contribution in [0.1, 0.15) is 23.6 Å². The van der Waals surface area contributed by atoms with Gasteiger partial charge in [-0.1, -0.05) is 6.07 Å². The van der Waals surface area contributed by atoms with Gasteiger partial charge in [0.25, 0.3) is 5.91 Å². The summed E-state index contributed by atoms with van der Waals surface area (Å²) in [6, 6.07) is 5.58. The fourth-order valence-corrected chi connectivity index (χ4v) is 2.83. The van der Waals surface area contributed by atoms with E-state index in [9.17, 15) is 4.79 Å². The number of amides is 1. The quantitative estimate of drug-likeness (QED) is 0.752. The smallest absolute Gasteiger partial charge is 0.262 e. The van der Waals surface area contributed by atoms with Crippen LogP contribution in [0.2, 0.25) is 0 Å². The van der Waals surface area contributed by atoms with Crippen molar-refractivity contribution in [1.29, 1.82) is 0 Å². The Morgan fingerprint density at radius 2 is 2.29 bits per heavy atom. The first-order valence-corrected chi connectivity index (χ1v) is 7.98. The number of hydrogen-bond donors (Lipinski definition) is 3. The minimum atomic E-state index is -0.230. The van der Waals surface area contributed by atoms with E-state index in [1.807, 2.05) is 19.1 Å². The first-order chi connectivity index (χ1) is 11.7. The fourth-order valence-electron chi connectivity index (χ4n) is 2.83. The molecule has 1 aliphatic heterocycles. The van der Waals surface area contributed by atoms with Crippen molar-refractivity contribution in [2.24, 2.45) is 0 Å². The van der Waals surface area contributed by atoms with Gasteiger partial charge in [0.2, 0.25) is 0 Å². The summed E-state index contributed by atoms with van der Waals surface area (Å²) >= 11 is 0. The molecule has 1 unspecified atom stereocenters. The van der Waals surface area contributed by atoms with E-state index in [4.69, 9.17) is 9.47 Å². The maximum Gasteiger partial charge on any atom is 0.262 e. The predicted octanol–water partition coefficient (Wildman–Crippen LogP) is 1.82. The fraction of sp³-hybridized carbons (Fsp3) is 0.412. The number of methoxy groups -OCH3 is 1. The van der Waals surface area contributed by atoms with Crippen molar-refractivity contribution in [2.45, 2.75) is 19.3 Å². The lowest BCUT2D eigenvalue weighted by Crippen LogP contribution is -2.21. The zero-order chi connectivity index (χ0) is 16.9. The Hall–Kier alpha value is -2.54. The van der Waals surface area contributed by atoms with Crippen LogP contribution < -0.4 is 20.1 Å². The average molecular weight is 330 g/mol. The molecule has 0 saturated carbocycles. The van der Waals surface area contributed by atoms with Crippen molar-refractivity contribution in [3.63, 3.8) is 0 Å². The molecule has 7 nitrogen and oxygen atoms in total. The average Bonchev–Trinajstić information content (AvgIpc) is 3.24. The molecule has 2 heterocycles. The van der Waals surface area contributed by atoms with Crippen LogP contribution in [-0.2, 0) is 4.79 Å². The number of aryl methyl sites for hydroxylation is 1. The summed E-state index contributed by atoms with van der Waals surface area (Å²) in [5.74, 6) is 1.28. The van der Waals surface area contributed by atoms with Crippen molar-refractivity contribution < 1.29 is 14.3 Å². The monoisotopic (exact) mass is 330 g/mol. The van der Waals surface area contributed by atoms with Crippen molar-refractivity contribution in [3.05, 3.63) is 35.7 Å². The Morgan fingerprint density at radius 3 is 3.04 bits per heavy atom. The summed E-state index contributed by atoms with van der Waals surface area (Å²) in [7, 11) is 1.58. The van der Waals surface area contributed by atoms with Crippen LogP contribution >= 0.6 is 0 Å². The number of nitrogens with one attached hydrogen (secondary N) is 3. The Balaban J connectivity index is 1.60. The number of rotatable bonds is 6. The number of nitrogens with zero attached hydrogens (tertiary/aromatic N) is 1. The molecule has 1 atom stereocenters. The molecule has 3 rings (SSSR count). The second-order valence-corrected chi connectivity index (χ2v) is 5.88. The predicted molar refractivity (Wildman–Crippen MR) is 90.7 cm³/mol. The van der Waals surface area contributed by atoms with Gasteiger partial charge in [0.1, 0.15) is 0 Å². The number of ether oxygens (including phenoxy) is 2. The SMILES string of the molecule is COc1cc(C)ccc1OCC(=O)Nc1cn[nH]c1C1CCNC1. The topological polar surface area (TPSA) is 88.3 Å². The zero-order valence-electron chi connectivity index (χ0n) is 13.9. The normalized spacial score (nSPS) is 16.8. The molecule has 1 saturated heterocycles. The molecule has 1 amide bonds. The maximum absolute atomic E-state index is 12.2. The molecule has 2 aromatic rings. The Morgan fingerprint density at radius 1 is 1.42 bits per heavy atom. The standard InChI is InChI=1S/C17H22N4O3/c1-11-3-4-14(15(7-11)23-2)24-10-16(22)20-13-9-19-21-17(13)12-5-6-18-8-12/h3-4,7,9,12,18H,5-6,8,10H2,1-2H3,(H,19,21)(H,20,22). The Labute approximate surface area is 140 Å². The number of carbonyl (C=O) groups is 1. The van der Waals surface area contributed by atoms with Gasteiger partial charge in [-0.3, -0.25) is 9.89 Å². The largest absolute Gasteiger partial charge is 0.493 e. The Kier molecular flexibility index (Phi) is 5.00. The number of hydrogen-bond acceptors (Lipinski definition) is 5. The van der Waals surface area contributed by atoms with Crippen molar-refractivity contribution >= 4 is 11.6 Å². The molecule has 1 fully saturated rings. The van der Waals surface area contributed by atoms with Crippen LogP contribution in [0.4, 0.5) is 5.69 Å². The van der Waals surface area contributed by atoms with Gasteiger partial charge >= 0.3 is 0 Å². The number of anilines is 1. The van der Waals surface area contributed by atoms with Gasteiger partial charge in [-0.25, -0.2) is 0 Å². The van der Waals surface area contributed by atoms with E-state index >= 15 is 0 Å². The third kappa shape index (κ3) is 3.68. The lowest BCUT2D eigenvalue weighted by Gasteiger charge is -2.12. The van der Waals surface area contributed by atoms with E-state index in [0.717, 1.165) is 30.8 Å². The summed E-state index contributed by atoms with van der Waals surface area (Å²) in [6.07, 6.45) is 2.67. The van der Waals surface area contributed by atoms with Crippen LogP contribution in [0.15, 0.2) is 24.4 Å². The minimum Gasteiger partial charge on any atom is -0.493 e. The molecule has 1 aromatic carbocycles.